The molecule has 17 heavy (non-hydrogen) atoms. The third-order valence-electron chi connectivity index (χ3n) is 4.61. The van der Waals surface area contributed by atoms with Crippen molar-refractivity contribution in [1.29, 1.82) is 0 Å². The van der Waals surface area contributed by atoms with Gasteiger partial charge in [-0.1, -0.05) is 0 Å². The minimum absolute atomic E-state index is 0.0767. The first-order chi connectivity index (χ1) is 8.23. The van der Waals surface area contributed by atoms with Crippen molar-refractivity contribution in [1.82, 2.24) is 5.32 Å². The van der Waals surface area contributed by atoms with Gasteiger partial charge in [0.05, 0.1) is 6.10 Å². The summed E-state index contributed by atoms with van der Waals surface area (Å²) < 4.78 is 5.60. The van der Waals surface area contributed by atoms with Crippen LogP contribution < -0.4 is 11.1 Å². The first-order valence-corrected chi connectivity index (χ1v) is 6.87. The highest BCUT2D eigenvalue weighted by molar-refractivity contribution is 5.81. The lowest BCUT2D eigenvalue weighted by molar-refractivity contribution is -0.132. The number of carbonyl (C=O) groups excluding carboxylic acids is 1. The van der Waals surface area contributed by atoms with Crippen LogP contribution in [0.3, 0.4) is 0 Å². The van der Waals surface area contributed by atoms with E-state index < -0.39 is 0 Å². The predicted octanol–water partition coefficient (Wildman–Crippen LogP) is 0.799. The van der Waals surface area contributed by atoms with Gasteiger partial charge < -0.3 is 15.8 Å². The highest BCUT2D eigenvalue weighted by Crippen LogP contribution is 2.60. The van der Waals surface area contributed by atoms with Gasteiger partial charge in [-0.05, 0) is 49.9 Å². The molecule has 1 heterocycles. The lowest BCUT2D eigenvalue weighted by Gasteiger charge is -2.17. The second-order valence-corrected chi connectivity index (χ2v) is 5.91. The summed E-state index contributed by atoms with van der Waals surface area (Å²) in [5.74, 6) is 0.969. The Hall–Kier alpha value is -0.610. The Balaban J connectivity index is 1.44. The van der Waals surface area contributed by atoms with E-state index in [4.69, 9.17) is 10.5 Å². The molecule has 3 fully saturated rings. The van der Waals surface area contributed by atoms with Crippen molar-refractivity contribution < 1.29 is 9.53 Å². The second-order valence-electron chi connectivity index (χ2n) is 5.91. The summed E-state index contributed by atoms with van der Waals surface area (Å²) in [6.45, 7) is 1.39. The van der Waals surface area contributed by atoms with Crippen molar-refractivity contribution in [2.24, 2.45) is 17.1 Å². The summed E-state index contributed by atoms with van der Waals surface area (Å²) in [5.41, 5.74) is 6.01. The molecule has 2 saturated carbocycles. The van der Waals surface area contributed by atoms with E-state index in [1.54, 1.807) is 0 Å². The van der Waals surface area contributed by atoms with E-state index in [0.29, 0.717) is 12.0 Å². The van der Waals surface area contributed by atoms with Gasteiger partial charge in [0.15, 0.2) is 0 Å². The lowest BCUT2D eigenvalue weighted by atomic mass is 10.0. The maximum absolute atomic E-state index is 11.9. The molecular weight excluding hydrogens is 216 g/mol. The number of hydrogen-bond acceptors (Lipinski definition) is 3. The molecule has 4 nitrogen and oxygen atoms in total. The summed E-state index contributed by atoms with van der Waals surface area (Å²) in [4.78, 5) is 11.9. The first-order valence-electron chi connectivity index (χ1n) is 6.87. The van der Waals surface area contributed by atoms with E-state index in [1.807, 2.05) is 0 Å². The lowest BCUT2D eigenvalue weighted by Crippen LogP contribution is -2.39. The van der Waals surface area contributed by atoms with Gasteiger partial charge in [-0.15, -0.1) is 0 Å². The van der Waals surface area contributed by atoms with Crippen LogP contribution in [-0.2, 0) is 9.53 Å². The van der Waals surface area contributed by atoms with Crippen molar-refractivity contribution in [2.75, 3.05) is 13.1 Å². The van der Waals surface area contributed by atoms with Crippen LogP contribution in [0, 0.1) is 11.3 Å². The molecule has 2 aliphatic carbocycles. The molecule has 3 rings (SSSR count). The van der Waals surface area contributed by atoms with Gasteiger partial charge in [0, 0.05) is 13.1 Å². The van der Waals surface area contributed by atoms with Crippen molar-refractivity contribution >= 4 is 5.91 Å². The molecule has 0 radical (unpaired) electrons. The average molecular weight is 238 g/mol. The van der Waals surface area contributed by atoms with Crippen LogP contribution in [-0.4, -0.2) is 31.2 Å². The SMILES string of the molecule is NCC1CCC(C(=O)NCC2(C3CC3)CC2)O1. The molecule has 1 aliphatic heterocycles. The molecule has 4 heteroatoms. The third kappa shape index (κ3) is 2.33. The molecule has 1 amide bonds. The standard InChI is InChI=1S/C13H22N2O2/c14-7-10-3-4-11(17-10)12(16)15-8-13(5-6-13)9-1-2-9/h9-11H,1-8,14H2,(H,15,16). The normalized spacial score (nSPS) is 34.6. The monoisotopic (exact) mass is 238 g/mol. The van der Waals surface area contributed by atoms with Crippen molar-refractivity contribution in [3.63, 3.8) is 0 Å². The summed E-state index contributed by atoms with van der Waals surface area (Å²) >= 11 is 0. The van der Waals surface area contributed by atoms with Crippen molar-refractivity contribution in [2.45, 2.75) is 50.7 Å². The molecule has 1 saturated heterocycles. The van der Waals surface area contributed by atoms with Crippen LogP contribution in [0.4, 0.5) is 0 Å². The van der Waals surface area contributed by atoms with Gasteiger partial charge in [0.1, 0.15) is 6.10 Å². The molecule has 0 aromatic rings. The maximum Gasteiger partial charge on any atom is 0.249 e. The van der Waals surface area contributed by atoms with Crippen molar-refractivity contribution in [3.8, 4) is 0 Å². The fourth-order valence-corrected chi connectivity index (χ4v) is 3.03. The number of hydrogen-bond donors (Lipinski definition) is 2. The zero-order chi connectivity index (χ0) is 11.9. The summed E-state index contributed by atoms with van der Waals surface area (Å²) in [6.07, 6.45) is 6.91. The zero-order valence-corrected chi connectivity index (χ0v) is 10.3. The second kappa shape index (κ2) is 4.25. The van der Waals surface area contributed by atoms with Crippen LogP contribution >= 0.6 is 0 Å². The third-order valence-corrected chi connectivity index (χ3v) is 4.61. The number of carbonyl (C=O) groups is 1. The zero-order valence-electron chi connectivity index (χ0n) is 10.3. The molecular formula is C13H22N2O2. The van der Waals surface area contributed by atoms with E-state index in [-0.39, 0.29) is 18.1 Å². The molecule has 0 aromatic carbocycles. The van der Waals surface area contributed by atoms with Crippen LogP contribution in [0.15, 0.2) is 0 Å². The number of ether oxygens (including phenoxy) is 1. The quantitative estimate of drug-likeness (QED) is 0.744. The maximum atomic E-state index is 11.9. The fraction of sp³-hybridized carbons (Fsp3) is 0.923. The number of amides is 1. The van der Waals surface area contributed by atoms with E-state index in [0.717, 1.165) is 25.3 Å². The number of nitrogens with two attached hydrogens (primary N) is 1. The van der Waals surface area contributed by atoms with E-state index in [1.165, 1.54) is 25.7 Å². The van der Waals surface area contributed by atoms with Gasteiger partial charge in [0.25, 0.3) is 0 Å². The van der Waals surface area contributed by atoms with Crippen LogP contribution in [0.1, 0.15) is 38.5 Å². The Bertz CT molecular complexity index is 311. The molecule has 3 aliphatic rings. The summed E-state index contributed by atoms with van der Waals surface area (Å²) in [6, 6.07) is 0. The molecule has 3 N–H and O–H groups in total. The highest BCUT2D eigenvalue weighted by atomic mass is 16.5. The minimum Gasteiger partial charge on any atom is -0.364 e. The first kappa shape index (κ1) is 11.5. The Morgan fingerprint density at radius 1 is 1.29 bits per heavy atom. The summed E-state index contributed by atoms with van der Waals surface area (Å²) in [5, 5.41) is 3.09. The van der Waals surface area contributed by atoms with E-state index >= 15 is 0 Å². The molecule has 96 valence electrons. The molecule has 0 spiro atoms. The molecule has 2 unspecified atom stereocenters. The molecule has 2 atom stereocenters. The topological polar surface area (TPSA) is 64.4 Å². The Morgan fingerprint density at radius 3 is 2.59 bits per heavy atom. The van der Waals surface area contributed by atoms with Gasteiger partial charge in [0.2, 0.25) is 5.91 Å². The summed E-state index contributed by atoms with van der Waals surface area (Å²) in [7, 11) is 0. The van der Waals surface area contributed by atoms with Crippen LogP contribution in [0.25, 0.3) is 0 Å². The smallest absolute Gasteiger partial charge is 0.249 e. The highest BCUT2D eigenvalue weighted by Gasteiger charge is 2.53. The van der Waals surface area contributed by atoms with Gasteiger partial charge in [-0.3, -0.25) is 4.79 Å². The molecule has 0 aromatic heterocycles. The van der Waals surface area contributed by atoms with E-state index in [2.05, 4.69) is 5.32 Å². The number of nitrogens with one attached hydrogen (secondary N) is 1. The van der Waals surface area contributed by atoms with Gasteiger partial charge in [-0.2, -0.15) is 0 Å². The van der Waals surface area contributed by atoms with Crippen molar-refractivity contribution in [3.05, 3.63) is 0 Å². The fourth-order valence-electron chi connectivity index (χ4n) is 3.03. The van der Waals surface area contributed by atoms with Crippen LogP contribution in [0.2, 0.25) is 0 Å². The Morgan fingerprint density at radius 2 is 2.06 bits per heavy atom. The largest absolute Gasteiger partial charge is 0.364 e. The minimum atomic E-state index is -0.251. The van der Waals surface area contributed by atoms with E-state index in [9.17, 15) is 4.79 Å². The predicted molar refractivity (Wildman–Crippen MR) is 64.4 cm³/mol. The Kier molecular flexibility index (Phi) is 2.87. The van der Waals surface area contributed by atoms with Gasteiger partial charge in [-0.25, -0.2) is 0 Å². The van der Waals surface area contributed by atoms with Crippen LogP contribution in [0.5, 0.6) is 0 Å². The Labute approximate surface area is 102 Å². The molecule has 0 bridgehead atoms. The number of rotatable bonds is 5. The van der Waals surface area contributed by atoms with Gasteiger partial charge >= 0.3 is 0 Å². The average Bonchev–Trinajstić information content (AvgIpc) is 3.23.